The summed E-state index contributed by atoms with van der Waals surface area (Å²) in [5.74, 6) is -0.141. The second kappa shape index (κ2) is 7.28. The lowest BCUT2D eigenvalue weighted by Gasteiger charge is -2.38. The quantitative estimate of drug-likeness (QED) is 0.784. The van der Waals surface area contributed by atoms with Crippen LogP contribution >= 0.6 is 0 Å². The van der Waals surface area contributed by atoms with Gasteiger partial charge in [0.05, 0.1) is 5.54 Å². The van der Waals surface area contributed by atoms with Gasteiger partial charge < -0.3 is 25.6 Å². The van der Waals surface area contributed by atoms with E-state index in [9.17, 15) is 9.59 Å². The fourth-order valence-electron chi connectivity index (χ4n) is 2.21. The monoisotopic (exact) mass is 314 g/mol. The van der Waals surface area contributed by atoms with Crippen molar-refractivity contribution >= 4 is 12.0 Å². The van der Waals surface area contributed by atoms with Gasteiger partial charge in [0.25, 0.3) is 0 Å². The molecule has 0 saturated carbocycles. The van der Waals surface area contributed by atoms with Crippen molar-refractivity contribution in [3.63, 3.8) is 0 Å². The number of amides is 2. The Kier molecular flexibility index (Phi) is 6.19. The van der Waals surface area contributed by atoms with Crippen molar-refractivity contribution in [2.24, 2.45) is 5.73 Å². The number of likely N-dealkylation sites (tertiary alicyclic amines) is 1. The standard InChI is InChI=1S/C15H30N4O3/c1-14(2,3)22-13(21)19-9-6-15(16,7-10-19)12(20)17-8-11-18(4)5/h6-11,16H2,1-5H3,(H,17,20). The molecule has 1 fully saturated rings. The topological polar surface area (TPSA) is 87.9 Å². The zero-order valence-electron chi connectivity index (χ0n) is 14.4. The molecular weight excluding hydrogens is 284 g/mol. The van der Waals surface area contributed by atoms with Crippen molar-refractivity contribution < 1.29 is 14.3 Å². The van der Waals surface area contributed by atoms with Gasteiger partial charge in [-0.25, -0.2) is 4.79 Å². The predicted octanol–water partition coefficient (Wildman–Crippen LogP) is 0.393. The molecule has 1 heterocycles. The highest BCUT2D eigenvalue weighted by Crippen LogP contribution is 2.21. The Morgan fingerprint density at radius 3 is 2.27 bits per heavy atom. The van der Waals surface area contributed by atoms with Gasteiger partial charge in [0.15, 0.2) is 0 Å². The van der Waals surface area contributed by atoms with Crippen LogP contribution in [0.5, 0.6) is 0 Å². The molecule has 0 aromatic heterocycles. The molecule has 0 bridgehead atoms. The third-order valence-corrected chi connectivity index (χ3v) is 3.60. The smallest absolute Gasteiger partial charge is 0.410 e. The molecule has 7 nitrogen and oxygen atoms in total. The molecule has 7 heteroatoms. The zero-order valence-corrected chi connectivity index (χ0v) is 14.4. The lowest BCUT2D eigenvalue weighted by molar-refractivity contribution is -0.128. The van der Waals surface area contributed by atoms with E-state index in [0.29, 0.717) is 32.5 Å². The van der Waals surface area contributed by atoms with Crippen LogP contribution in [-0.4, -0.2) is 73.2 Å². The molecule has 0 spiro atoms. The maximum atomic E-state index is 12.2. The van der Waals surface area contributed by atoms with E-state index in [-0.39, 0.29) is 12.0 Å². The van der Waals surface area contributed by atoms with Gasteiger partial charge in [0, 0.05) is 26.2 Å². The molecule has 22 heavy (non-hydrogen) atoms. The van der Waals surface area contributed by atoms with Crippen molar-refractivity contribution in [3.05, 3.63) is 0 Å². The molecular formula is C15H30N4O3. The number of hydrogen-bond acceptors (Lipinski definition) is 5. The van der Waals surface area contributed by atoms with Crippen molar-refractivity contribution in [1.29, 1.82) is 0 Å². The number of rotatable bonds is 4. The SMILES string of the molecule is CN(C)CCNC(=O)C1(N)CCN(C(=O)OC(C)(C)C)CC1. The first-order valence-electron chi connectivity index (χ1n) is 7.73. The van der Waals surface area contributed by atoms with Gasteiger partial charge in [-0.15, -0.1) is 0 Å². The predicted molar refractivity (Wildman–Crippen MR) is 85.5 cm³/mol. The van der Waals surface area contributed by atoms with E-state index in [1.165, 1.54) is 0 Å². The van der Waals surface area contributed by atoms with Gasteiger partial charge in [0.2, 0.25) is 5.91 Å². The lowest BCUT2D eigenvalue weighted by Crippen LogP contribution is -2.60. The van der Waals surface area contributed by atoms with E-state index in [0.717, 1.165) is 6.54 Å². The fourth-order valence-corrected chi connectivity index (χ4v) is 2.21. The Balaban J connectivity index is 2.45. The first-order chi connectivity index (χ1) is 10.0. The van der Waals surface area contributed by atoms with Crippen LogP contribution < -0.4 is 11.1 Å². The number of likely N-dealkylation sites (N-methyl/N-ethyl adjacent to an activating group) is 1. The summed E-state index contributed by atoms with van der Waals surface area (Å²) in [4.78, 5) is 27.8. The Morgan fingerprint density at radius 2 is 1.82 bits per heavy atom. The molecule has 0 aromatic carbocycles. The number of nitrogens with one attached hydrogen (secondary N) is 1. The minimum atomic E-state index is -0.898. The van der Waals surface area contributed by atoms with E-state index in [4.69, 9.17) is 10.5 Å². The molecule has 0 radical (unpaired) electrons. The van der Waals surface area contributed by atoms with Crippen LogP contribution in [0.25, 0.3) is 0 Å². The van der Waals surface area contributed by atoms with Gasteiger partial charge in [-0.3, -0.25) is 4.79 Å². The maximum Gasteiger partial charge on any atom is 0.410 e. The molecule has 3 N–H and O–H groups in total. The van der Waals surface area contributed by atoms with Gasteiger partial charge >= 0.3 is 6.09 Å². The summed E-state index contributed by atoms with van der Waals surface area (Å²) in [6.45, 7) is 7.71. The van der Waals surface area contributed by atoms with Crippen molar-refractivity contribution in [2.45, 2.75) is 44.8 Å². The largest absolute Gasteiger partial charge is 0.444 e. The number of ether oxygens (including phenoxy) is 1. The summed E-state index contributed by atoms with van der Waals surface area (Å²) in [6.07, 6.45) is 0.544. The third-order valence-electron chi connectivity index (χ3n) is 3.60. The lowest BCUT2D eigenvalue weighted by atomic mass is 9.88. The zero-order chi connectivity index (χ0) is 17.0. The number of nitrogens with zero attached hydrogens (tertiary/aromatic N) is 2. The average Bonchev–Trinajstić information content (AvgIpc) is 2.36. The Hall–Kier alpha value is -1.34. The van der Waals surface area contributed by atoms with E-state index in [1.807, 2.05) is 39.8 Å². The van der Waals surface area contributed by atoms with Crippen LogP contribution in [0.15, 0.2) is 0 Å². The van der Waals surface area contributed by atoms with Crippen LogP contribution in [0.2, 0.25) is 0 Å². The molecule has 1 saturated heterocycles. The van der Waals surface area contributed by atoms with Crippen molar-refractivity contribution in [2.75, 3.05) is 40.3 Å². The van der Waals surface area contributed by atoms with Crippen LogP contribution in [0.1, 0.15) is 33.6 Å². The highest BCUT2D eigenvalue weighted by molar-refractivity contribution is 5.86. The van der Waals surface area contributed by atoms with E-state index < -0.39 is 11.1 Å². The maximum absolute atomic E-state index is 12.2. The van der Waals surface area contributed by atoms with Gasteiger partial charge in [-0.1, -0.05) is 0 Å². The second-order valence-corrected chi connectivity index (χ2v) is 7.18. The number of hydrogen-bond donors (Lipinski definition) is 2. The van der Waals surface area contributed by atoms with E-state index in [2.05, 4.69) is 5.32 Å². The molecule has 0 aromatic rings. The highest BCUT2D eigenvalue weighted by Gasteiger charge is 2.39. The molecule has 0 unspecified atom stereocenters. The summed E-state index contributed by atoms with van der Waals surface area (Å²) in [7, 11) is 3.90. The Morgan fingerprint density at radius 1 is 1.27 bits per heavy atom. The first kappa shape index (κ1) is 18.7. The molecule has 0 aliphatic carbocycles. The Bertz CT molecular complexity index is 396. The summed E-state index contributed by atoms with van der Waals surface area (Å²) >= 11 is 0. The average molecular weight is 314 g/mol. The molecule has 1 rings (SSSR count). The van der Waals surface area contributed by atoms with Crippen molar-refractivity contribution in [3.8, 4) is 0 Å². The first-order valence-corrected chi connectivity index (χ1v) is 7.73. The fraction of sp³-hybridized carbons (Fsp3) is 0.867. The minimum Gasteiger partial charge on any atom is -0.444 e. The third kappa shape index (κ3) is 5.81. The number of piperidine rings is 1. The van der Waals surface area contributed by atoms with E-state index in [1.54, 1.807) is 4.90 Å². The molecule has 0 atom stereocenters. The normalized spacial score (nSPS) is 18.2. The summed E-state index contributed by atoms with van der Waals surface area (Å²) in [5, 5.41) is 2.87. The van der Waals surface area contributed by atoms with Gasteiger partial charge in [-0.05, 0) is 47.7 Å². The molecule has 128 valence electrons. The van der Waals surface area contributed by atoms with Crippen LogP contribution in [0.3, 0.4) is 0 Å². The summed E-state index contributed by atoms with van der Waals surface area (Å²) in [5.41, 5.74) is 4.79. The highest BCUT2D eigenvalue weighted by atomic mass is 16.6. The van der Waals surface area contributed by atoms with Crippen LogP contribution in [0, 0.1) is 0 Å². The van der Waals surface area contributed by atoms with Gasteiger partial charge in [0.1, 0.15) is 5.60 Å². The molecule has 1 aliphatic rings. The second-order valence-electron chi connectivity index (χ2n) is 7.18. The van der Waals surface area contributed by atoms with Crippen molar-refractivity contribution in [1.82, 2.24) is 15.1 Å². The Labute approximate surface area is 133 Å². The molecule has 2 amide bonds. The number of nitrogens with two attached hydrogens (primary N) is 1. The minimum absolute atomic E-state index is 0.141. The number of carbonyl (C=O) groups excluding carboxylic acids is 2. The van der Waals surface area contributed by atoms with Crippen LogP contribution in [-0.2, 0) is 9.53 Å². The van der Waals surface area contributed by atoms with Gasteiger partial charge in [-0.2, -0.15) is 0 Å². The summed E-state index contributed by atoms with van der Waals surface area (Å²) in [6, 6.07) is 0. The van der Waals surface area contributed by atoms with E-state index >= 15 is 0 Å². The van der Waals surface area contributed by atoms with Crippen LogP contribution in [0.4, 0.5) is 4.79 Å². The molecule has 1 aliphatic heterocycles. The number of carbonyl (C=O) groups is 2. The summed E-state index contributed by atoms with van der Waals surface area (Å²) < 4.78 is 5.34.